The molecule has 0 amide bonds. The van der Waals surface area contributed by atoms with Crippen molar-refractivity contribution in [2.24, 2.45) is 0 Å². The van der Waals surface area contributed by atoms with E-state index < -0.39 is 10.8 Å². The van der Waals surface area contributed by atoms with Crippen LogP contribution in [0.3, 0.4) is 0 Å². The number of benzene rings is 1. The van der Waals surface area contributed by atoms with Crippen molar-refractivity contribution in [3.05, 3.63) is 23.8 Å². The number of hydrogen-bond donors (Lipinski definition) is 1. The van der Waals surface area contributed by atoms with Crippen molar-refractivity contribution in [3.63, 3.8) is 0 Å². The summed E-state index contributed by atoms with van der Waals surface area (Å²) in [5.74, 6) is 0. The van der Waals surface area contributed by atoms with Crippen LogP contribution in [0.4, 0.5) is 5.69 Å². The smallest absolute Gasteiger partial charge is 0.0562 e. The first-order valence-corrected chi connectivity index (χ1v) is 6.53. The highest BCUT2D eigenvalue weighted by molar-refractivity contribution is 7.85. The third-order valence-corrected chi connectivity index (χ3v) is 4.36. The number of nitrogens with two attached hydrogens (primary N) is 1. The summed E-state index contributed by atoms with van der Waals surface area (Å²) in [6.45, 7) is 4.56. The van der Waals surface area contributed by atoms with Gasteiger partial charge in [0.1, 0.15) is 0 Å². The Labute approximate surface area is 99.4 Å². The van der Waals surface area contributed by atoms with Gasteiger partial charge in [0.25, 0.3) is 0 Å². The highest BCUT2D eigenvalue weighted by Gasteiger charge is 2.15. The summed E-state index contributed by atoms with van der Waals surface area (Å²) in [6.07, 6.45) is 0.789. The predicted molar refractivity (Wildman–Crippen MR) is 68.0 cm³/mol. The summed E-state index contributed by atoms with van der Waals surface area (Å²) in [5, 5.41) is 0.0837. The number of nitrogen functional groups attached to an aromatic ring is 1. The van der Waals surface area contributed by atoms with Gasteiger partial charge in [-0.25, -0.2) is 0 Å². The molecular formula is C12H19NO2S. The first-order valence-electron chi connectivity index (χ1n) is 5.32. The van der Waals surface area contributed by atoms with Crippen molar-refractivity contribution in [2.75, 3.05) is 19.5 Å². The number of hydrogen-bond acceptors (Lipinski definition) is 3. The second-order valence-corrected chi connectivity index (χ2v) is 5.75. The molecule has 3 nitrogen and oxygen atoms in total. The lowest BCUT2D eigenvalue weighted by Crippen LogP contribution is -2.14. The first-order chi connectivity index (χ1) is 7.56. The van der Waals surface area contributed by atoms with Crippen molar-refractivity contribution in [2.45, 2.75) is 30.4 Å². The van der Waals surface area contributed by atoms with E-state index in [4.69, 9.17) is 10.5 Å². The van der Waals surface area contributed by atoms with E-state index in [1.165, 1.54) is 0 Å². The van der Waals surface area contributed by atoms with E-state index in [-0.39, 0.29) is 5.25 Å². The second kappa shape index (κ2) is 6.01. The lowest BCUT2D eigenvalue weighted by atomic mass is 10.2. The van der Waals surface area contributed by atoms with Crippen LogP contribution in [0.15, 0.2) is 23.1 Å². The predicted octanol–water partition coefficient (Wildman–Crippen LogP) is 2.11. The number of anilines is 1. The lowest BCUT2D eigenvalue weighted by molar-refractivity contribution is 0.195. The van der Waals surface area contributed by atoms with Crippen LogP contribution in [0, 0.1) is 6.92 Å². The summed E-state index contributed by atoms with van der Waals surface area (Å²) in [4.78, 5) is 0.837. The molecule has 0 saturated carbocycles. The minimum absolute atomic E-state index is 0.0837. The van der Waals surface area contributed by atoms with E-state index in [0.29, 0.717) is 12.3 Å². The Balaban J connectivity index is 2.83. The fourth-order valence-electron chi connectivity index (χ4n) is 1.44. The van der Waals surface area contributed by atoms with Crippen LogP contribution in [0.25, 0.3) is 0 Å². The van der Waals surface area contributed by atoms with Gasteiger partial charge in [-0.15, -0.1) is 0 Å². The molecule has 90 valence electrons. The van der Waals surface area contributed by atoms with E-state index in [0.717, 1.165) is 16.9 Å². The summed E-state index contributed by atoms with van der Waals surface area (Å²) in [5.41, 5.74) is 7.39. The van der Waals surface area contributed by atoms with Crippen molar-refractivity contribution in [1.29, 1.82) is 0 Å². The number of rotatable bonds is 5. The maximum Gasteiger partial charge on any atom is 0.0562 e. The molecule has 0 aliphatic carbocycles. The van der Waals surface area contributed by atoms with E-state index in [2.05, 4.69) is 0 Å². The molecule has 1 aromatic carbocycles. The normalized spacial score (nSPS) is 14.7. The van der Waals surface area contributed by atoms with Gasteiger partial charge in [0.05, 0.1) is 10.8 Å². The average molecular weight is 241 g/mol. The van der Waals surface area contributed by atoms with Gasteiger partial charge in [-0.05, 0) is 31.0 Å². The van der Waals surface area contributed by atoms with E-state index >= 15 is 0 Å². The Morgan fingerprint density at radius 1 is 1.50 bits per heavy atom. The quantitative estimate of drug-likeness (QED) is 0.803. The molecule has 0 spiro atoms. The fraction of sp³-hybridized carbons (Fsp3) is 0.500. The fourth-order valence-corrected chi connectivity index (χ4v) is 2.82. The van der Waals surface area contributed by atoms with Gasteiger partial charge in [-0.3, -0.25) is 4.21 Å². The minimum Gasteiger partial charge on any atom is -0.399 e. The molecule has 0 saturated heterocycles. The van der Waals surface area contributed by atoms with Crippen LogP contribution < -0.4 is 5.73 Å². The van der Waals surface area contributed by atoms with Crippen LogP contribution in [0.1, 0.15) is 18.9 Å². The molecular weight excluding hydrogens is 222 g/mol. The molecule has 16 heavy (non-hydrogen) atoms. The Kier molecular flexibility index (Phi) is 4.96. The zero-order valence-electron chi connectivity index (χ0n) is 10.0. The summed E-state index contributed by atoms with van der Waals surface area (Å²) in [7, 11) is 0.643. The largest absolute Gasteiger partial charge is 0.399 e. The summed E-state index contributed by atoms with van der Waals surface area (Å²) >= 11 is 0. The van der Waals surface area contributed by atoms with Crippen LogP contribution in [0.2, 0.25) is 0 Å². The number of aryl methyl sites for hydroxylation is 1. The van der Waals surface area contributed by atoms with Gasteiger partial charge < -0.3 is 10.5 Å². The molecule has 0 aliphatic rings. The van der Waals surface area contributed by atoms with Gasteiger partial charge >= 0.3 is 0 Å². The molecule has 0 aliphatic heterocycles. The molecule has 2 atom stereocenters. The molecule has 1 rings (SSSR count). The van der Waals surface area contributed by atoms with Gasteiger partial charge in [-0.2, -0.15) is 0 Å². The van der Waals surface area contributed by atoms with Crippen LogP contribution >= 0.6 is 0 Å². The third kappa shape index (κ3) is 3.32. The lowest BCUT2D eigenvalue weighted by Gasteiger charge is -2.13. The minimum atomic E-state index is -1.01. The first kappa shape index (κ1) is 13.2. The van der Waals surface area contributed by atoms with Crippen LogP contribution in [-0.2, 0) is 15.5 Å². The van der Waals surface area contributed by atoms with Crippen molar-refractivity contribution in [1.82, 2.24) is 0 Å². The molecule has 0 aromatic heterocycles. The van der Waals surface area contributed by atoms with Crippen molar-refractivity contribution >= 4 is 16.5 Å². The number of methoxy groups -OCH3 is 1. The molecule has 2 N–H and O–H groups in total. The standard InChI is InChI=1S/C12H19NO2S/c1-9-4-5-11(13)8-12(9)16(14)10(2)6-7-15-3/h4-5,8,10H,6-7,13H2,1-3H3. The van der Waals surface area contributed by atoms with E-state index in [1.54, 1.807) is 13.2 Å². The maximum atomic E-state index is 12.2. The molecule has 0 bridgehead atoms. The molecule has 4 heteroatoms. The summed E-state index contributed by atoms with van der Waals surface area (Å²) in [6, 6.07) is 5.54. The molecule has 0 fully saturated rings. The highest BCUT2D eigenvalue weighted by atomic mass is 32.2. The van der Waals surface area contributed by atoms with E-state index in [9.17, 15) is 4.21 Å². The number of ether oxygens (including phenoxy) is 1. The van der Waals surface area contributed by atoms with Gasteiger partial charge in [0, 0.05) is 29.5 Å². The van der Waals surface area contributed by atoms with Gasteiger partial charge in [0.15, 0.2) is 0 Å². The average Bonchev–Trinajstić information content (AvgIpc) is 2.28. The molecule has 0 radical (unpaired) electrons. The SMILES string of the molecule is COCCC(C)S(=O)c1cc(N)ccc1C. The second-order valence-electron chi connectivity index (χ2n) is 3.91. The Hall–Kier alpha value is -0.870. The van der Waals surface area contributed by atoms with Gasteiger partial charge in [-0.1, -0.05) is 13.0 Å². The van der Waals surface area contributed by atoms with Crippen molar-refractivity contribution < 1.29 is 8.95 Å². The highest BCUT2D eigenvalue weighted by Crippen LogP contribution is 2.20. The zero-order chi connectivity index (χ0) is 12.1. The maximum absolute atomic E-state index is 12.2. The van der Waals surface area contributed by atoms with Crippen LogP contribution in [-0.4, -0.2) is 23.2 Å². The molecule has 2 unspecified atom stereocenters. The molecule has 0 heterocycles. The van der Waals surface area contributed by atoms with Gasteiger partial charge in [0.2, 0.25) is 0 Å². The van der Waals surface area contributed by atoms with Crippen LogP contribution in [0.5, 0.6) is 0 Å². The molecule has 1 aromatic rings. The Morgan fingerprint density at radius 2 is 2.19 bits per heavy atom. The summed E-state index contributed by atoms with van der Waals surface area (Å²) < 4.78 is 17.2. The Morgan fingerprint density at radius 3 is 2.81 bits per heavy atom. The topological polar surface area (TPSA) is 52.3 Å². The Bertz CT molecular complexity index is 379. The van der Waals surface area contributed by atoms with Crippen molar-refractivity contribution in [3.8, 4) is 0 Å². The monoisotopic (exact) mass is 241 g/mol. The van der Waals surface area contributed by atoms with E-state index in [1.807, 2.05) is 26.0 Å². The third-order valence-electron chi connectivity index (χ3n) is 2.52. The zero-order valence-corrected chi connectivity index (χ0v) is 10.8.